The van der Waals surface area contributed by atoms with E-state index >= 15 is 0 Å². The van der Waals surface area contributed by atoms with E-state index in [1.807, 2.05) is 30.3 Å². The van der Waals surface area contributed by atoms with Crippen LogP contribution < -0.4 is 9.47 Å². The summed E-state index contributed by atoms with van der Waals surface area (Å²) in [6.45, 7) is -0.632. The van der Waals surface area contributed by atoms with Gasteiger partial charge < -0.3 is 9.47 Å². The molecule has 0 radical (unpaired) electrons. The maximum atomic E-state index is 12.3. The maximum Gasteiger partial charge on any atom is 0.272 e. The van der Waals surface area contributed by atoms with Crippen LogP contribution in [0.4, 0.5) is 8.78 Å². The number of alkyl halides is 2. The Morgan fingerprint density at radius 2 is 1.63 bits per heavy atom. The van der Waals surface area contributed by atoms with Gasteiger partial charge in [0, 0.05) is 0 Å². The minimum Gasteiger partial charge on any atom is -0.496 e. The van der Waals surface area contributed by atoms with Gasteiger partial charge in [0.2, 0.25) is 0 Å². The van der Waals surface area contributed by atoms with Gasteiger partial charge in [-0.15, -0.1) is 0 Å². The van der Waals surface area contributed by atoms with E-state index < -0.39 is 13.0 Å². The first-order valence-electron chi connectivity index (χ1n) is 5.85. The zero-order valence-corrected chi connectivity index (χ0v) is 10.5. The van der Waals surface area contributed by atoms with Crippen LogP contribution >= 0.6 is 0 Å². The summed E-state index contributed by atoms with van der Waals surface area (Å²) in [4.78, 5) is 0. The average molecular weight is 264 g/mol. The molecule has 2 aromatic carbocycles. The van der Waals surface area contributed by atoms with Crippen LogP contribution in [0.1, 0.15) is 0 Å². The highest BCUT2D eigenvalue weighted by atomic mass is 19.3. The van der Waals surface area contributed by atoms with Gasteiger partial charge in [-0.1, -0.05) is 36.4 Å². The third-order valence-corrected chi connectivity index (χ3v) is 2.64. The molecule has 2 aromatic rings. The first kappa shape index (κ1) is 13.3. The summed E-state index contributed by atoms with van der Waals surface area (Å²) in [6, 6.07) is 14.5. The standard InChI is InChI=1S/C15H14F2O2/c1-18-12-8-5-9-13(19-10-14(16)17)15(12)11-6-3-2-4-7-11/h2-9,14H,10H2,1H3. The fourth-order valence-corrected chi connectivity index (χ4v) is 1.84. The predicted molar refractivity (Wildman–Crippen MR) is 69.9 cm³/mol. The van der Waals surface area contributed by atoms with E-state index in [1.54, 1.807) is 25.3 Å². The number of hydrogen-bond acceptors (Lipinski definition) is 2. The topological polar surface area (TPSA) is 18.5 Å². The van der Waals surface area contributed by atoms with Crippen LogP contribution in [0.25, 0.3) is 11.1 Å². The lowest BCUT2D eigenvalue weighted by atomic mass is 10.0. The third-order valence-electron chi connectivity index (χ3n) is 2.64. The Hall–Kier alpha value is -2.10. The summed E-state index contributed by atoms with van der Waals surface area (Å²) in [6.07, 6.45) is -2.50. The van der Waals surface area contributed by atoms with Crippen molar-refractivity contribution in [1.29, 1.82) is 0 Å². The number of ether oxygens (including phenoxy) is 2. The quantitative estimate of drug-likeness (QED) is 0.812. The van der Waals surface area contributed by atoms with Gasteiger partial charge in [-0.2, -0.15) is 0 Å². The van der Waals surface area contributed by atoms with Gasteiger partial charge in [0.25, 0.3) is 6.43 Å². The van der Waals surface area contributed by atoms with Gasteiger partial charge in [-0.05, 0) is 17.7 Å². The second kappa shape index (κ2) is 6.18. The fourth-order valence-electron chi connectivity index (χ4n) is 1.84. The van der Waals surface area contributed by atoms with E-state index in [0.717, 1.165) is 5.56 Å². The van der Waals surface area contributed by atoms with Crippen molar-refractivity contribution < 1.29 is 18.3 Å². The maximum absolute atomic E-state index is 12.3. The molecule has 4 heteroatoms. The highest BCUT2D eigenvalue weighted by Crippen LogP contribution is 2.38. The lowest BCUT2D eigenvalue weighted by Gasteiger charge is -2.14. The number of rotatable bonds is 5. The normalized spacial score (nSPS) is 10.5. The lowest BCUT2D eigenvalue weighted by molar-refractivity contribution is 0.0821. The van der Waals surface area contributed by atoms with Gasteiger partial charge in [0.1, 0.15) is 18.1 Å². The number of halogens is 2. The molecular formula is C15H14F2O2. The van der Waals surface area contributed by atoms with Crippen LogP contribution in [-0.2, 0) is 0 Å². The molecule has 0 aliphatic rings. The van der Waals surface area contributed by atoms with Gasteiger partial charge in [0.15, 0.2) is 0 Å². The van der Waals surface area contributed by atoms with E-state index in [1.165, 1.54) is 0 Å². The van der Waals surface area contributed by atoms with E-state index in [-0.39, 0.29) is 0 Å². The van der Waals surface area contributed by atoms with E-state index in [4.69, 9.17) is 9.47 Å². The molecule has 2 rings (SSSR count). The van der Waals surface area contributed by atoms with Gasteiger partial charge in [-0.25, -0.2) is 8.78 Å². The molecule has 0 spiro atoms. The predicted octanol–water partition coefficient (Wildman–Crippen LogP) is 4.01. The molecule has 0 aliphatic heterocycles. The molecule has 0 heterocycles. The molecule has 0 N–H and O–H groups in total. The first-order valence-corrected chi connectivity index (χ1v) is 5.85. The van der Waals surface area contributed by atoms with Crippen LogP contribution in [0.5, 0.6) is 11.5 Å². The highest BCUT2D eigenvalue weighted by Gasteiger charge is 2.14. The largest absolute Gasteiger partial charge is 0.496 e. The molecular weight excluding hydrogens is 250 g/mol. The fraction of sp³-hybridized carbons (Fsp3) is 0.200. The zero-order chi connectivity index (χ0) is 13.7. The summed E-state index contributed by atoms with van der Waals surface area (Å²) in [7, 11) is 1.54. The molecule has 0 amide bonds. The van der Waals surface area contributed by atoms with Crippen molar-refractivity contribution in [1.82, 2.24) is 0 Å². The molecule has 0 saturated carbocycles. The molecule has 0 atom stereocenters. The van der Waals surface area contributed by atoms with Crippen molar-refractivity contribution in [3.8, 4) is 22.6 Å². The van der Waals surface area contributed by atoms with Gasteiger partial charge in [-0.3, -0.25) is 0 Å². The van der Waals surface area contributed by atoms with E-state index in [9.17, 15) is 8.78 Å². The van der Waals surface area contributed by atoms with Crippen LogP contribution in [0.2, 0.25) is 0 Å². The van der Waals surface area contributed by atoms with Crippen LogP contribution in [-0.4, -0.2) is 20.1 Å². The van der Waals surface area contributed by atoms with Crippen molar-refractivity contribution in [3.63, 3.8) is 0 Å². The van der Waals surface area contributed by atoms with Crippen molar-refractivity contribution in [2.24, 2.45) is 0 Å². The molecule has 0 saturated heterocycles. The van der Waals surface area contributed by atoms with Crippen LogP contribution in [0, 0.1) is 0 Å². The monoisotopic (exact) mass is 264 g/mol. The molecule has 0 aromatic heterocycles. The Kier molecular flexibility index (Phi) is 4.34. The van der Waals surface area contributed by atoms with E-state index in [0.29, 0.717) is 17.1 Å². The Balaban J connectivity index is 2.43. The molecule has 0 fully saturated rings. The summed E-state index contributed by atoms with van der Waals surface area (Å²) in [5, 5.41) is 0. The molecule has 0 bridgehead atoms. The molecule has 0 unspecified atom stereocenters. The zero-order valence-electron chi connectivity index (χ0n) is 10.5. The Labute approximate surface area is 110 Å². The number of methoxy groups -OCH3 is 1. The number of hydrogen-bond donors (Lipinski definition) is 0. The average Bonchev–Trinajstić information content (AvgIpc) is 2.45. The van der Waals surface area contributed by atoms with Crippen LogP contribution in [0.15, 0.2) is 48.5 Å². The smallest absolute Gasteiger partial charge is 0.272 e. The summed E-state index contributed by atoms with van der Waals surface area (Å²) < 4.78 is 35.0. The minimum atomic E-state index is -2.50. The summed E-state index contributed by atoms with van der Waals surface area (Å²) in [5.74, 6) is 0.990. The minimum absolute atomic E-state index is 0.394. The van der Waals surface area contributed by atoms with Crippen molar-refractivity contribution in [3.05, 3.63) is 48.5 Å². The second-order valence-electron chi connectivity index (χ2n) is 3.90. The summed E-state index contributed by atoms with van der Waals surface area (Å²) in [5.41, 5.74) is 1.55. The molecule has 0 aliphatic carbocycles. The SMILES string of the molecule is COc1cccc(OCC(F)F)c1-c1ccccc1. The van der Waals surface area contributed by atoms with Gasteiger partial charge >= 0.3 is 0 Å². The Bertz CT molecular complexity index is 527. The van der Waals surface area contributed by atoms with Crippen molar-refractivity contribution >= 4 is 0 Å². The van der Waals surface area contributed by atoms with Gasteiger partial charge in [0.05, 0.1) is 12.7 Å². The molecule has 2 nitrogen and oxygen atoms in total. The Morgan fingerprint density at radius 1 is 0.947 bits per heavy atom. The lowest BCUT2D eigenvalue weighted by Crippen LogP contribution is -2.08. The van der Waals surface area contributed by atoms with E-state index in [2.05, 4.69) is 0 Å². The molecule has 100 valence electrons. The highest BCUT2D eigenvalue weighted by molar-refractivity contribution is 5.76. The second-order valence-corrected chi connectivity index (χ2v) is 3.90. The third kappa shape index (κ3) is 3.22. The number of benzene rings is 2. The summed E-state index contributed by atoms with van der Waals surface area (Å²) >= 11 is 0. The van der Waals surface area contributed by atoms with Crippen LogP contribution in [0.3, 0.4) is 0 Å². The molecule has 19 heavy (non-hydrogen) atoms. The first-order chi connectivity index (χ1) is 9.22. The Morgan fingerprint density at radius 3 is 2.26 bits per heavy atom. The van der Waals surface area contributed by atoms with Crippen molar-refractivity contribution in [2.45, 2.75) is 6.43 Å². The van der Waals surface area contributed by atoms with Crippen molar-refractivity contribution in [2.75, 3.05) is 13.7 Å².